The lowest BCUT2D eigenvalue weighted by Crippen LogP contribution is -2.34. The van der Waals surface area contributed by atoms with Gasteiger partial charge < -0.3 is 20.1 Å². The Bertz CT molecular complexity index is 131. The molecule has 0 bridgehead atoms. The van der Waals surface area contributed by atoms with Crippen molar-refractivity contribution in [2.75, 3.05) is 6.61 Å². The molecule has 0 radical (unpaired) electrons. The van der Waals surface area contributed by atoms with Gasteiger partial charge in [0.25, 0.3) is 0 Å². The Hall–Kier alpha value is -0.740. The summed E-state index contributed by atoms with van der Waals surface area (Å²) in [5.74, 6) is -0.325. The van der Waals surface area contributed by atoms with E-state index in [2.05, 4.69) is 4.74 Å². The Labute approximate surface area is 52.0 Å². The minimum Gasteiger partial charge on any atom is -0.506 e. The maximum absolute atomic E-state index is 8.80. The molecule has 0 aromatic rings. The van der Waals surface area contributed by atoms with Gasteiger partial charge in [-0.05, 0) is 0 Å². The molecule has 0 fully saturated rings. The minimum atomic E-state index is -1.18. The van der Waals surface area contributed by atoms with Crippen molar-refractivity contribution in [2.24, 2.45) is 0 Å². The van der Waals surface area contributed by atoms with Gasteiger partial charge in [0.15, 0.2) is 5.76 Å². The zero-order valence-corrected chi connectivity index (χ0v) is 4.69. The molecule has 52 valence electrons. The van der Waals surface area contributed by atoms with Crippen LogP contribution in [0.2, 0.25) is 0 Å². The van der Waals surface area contributed by atoms with E-state index in [9.17, 15) is 0 Å². The first kappa shape index (κ1) is 6.38. The number of aliphatic hydroxyl groups excluding tert-OH is 3. The highest BCUT2D eigenvalue weighted by Crippen LogP contribution is 2.09. The quantitative estimate of drug-likeness (QED) is 0.401. The zero-order chi connectivity index (χ0) is 6.85. The molecule has 0 aromatic heterocycles. The normalized spacial score (nSPS) is 35.1. The van der Waals surface area contributed by atoms with Gasteiger partial charge in [-0.2, -0.15) is 0 Å². The molecule has 9 heavy (non-hydrogen) atoms. The van der Waals surface area contributed by atoms with E-state index in [1.807, 2.05) is 0 Å². The molecule has 3 N–H and O–H groups in total. The largest absolute Gasteiger partial charge is 0.506 e. The van der Waals surface area contributed by atoms with E-state index in [0.29, 0.717) is 0 Å². The van der Waals surface area contributed by atoms with E-state index in [4.69, 9.17) is 15.3 Å². The van der Waals surface area contributed by atoms with Gasteiger partial charge in [0, 0.05) is 0 Å². The molecule has 4 nitrogen and oxygen atoms in total. The summed E-state index contributed by atoms with van der Waals surface area (Å²) >= 11 is 0. The van der Waals surface area contributed by atoms with Gasteiger partial charge in [0.1, 0.15) is 25.1 Å². The molecule has 0 spiro atoms. The molecule has 0 aromatic carbocycles. The van der Waals surface area contributed by atoms with E-state index in [1.165, 1.54) is 0 Å². The van der Waals surface area contributed by atoms with Crippen LogP contribution in [-0.4, -0.2) is 34.1 Å². The van der Waals surface area contributed by atoms with Crippen LogP contribution in [0, 0.1) is 0 Å². The van der Waals surface area contributed by atoms with Crippen molar-refractivity contribution >= 4 is 0 Å². The predicted octanol–water partition coefficient (Wildman–Crippen LogP) is -0.862. The van der Waals surface area contributed by atoms with Crippen LogP contribution in [0.1, 0.15) is 0 Å². The Balaban J connectivity index is 2.62. The molecule has 0 unspecified atom stereocenters. The molecule has 1 heterocycles. The fourth-order valence-electron chi connectivity index (χ4n) is 0.590. The van der Waals surface area contributed by atoms with Crippen molar-refractivity contribution in [1.29, 1.82) is 0 Å². The predicted molar refractivity (Wildman–Crippen MR) is 28.7 cm³/mol. The zero-order valence-electron chi connectivity index (χ0n) is 4.69. The standard InChI is InChI=1S/C5H8O4/c6-3-1-9-2-4(7)5(3)8/h1,4-8H,2H2/t4-,5-/m1/s1. The van der Waals surface area contributed by atoms with E-state index in [1.54, 1.807) is 0 Å². The number of rotatable bonds is 0. The van der Waals surface area contributed by atoms with Crippen LogP contribution in [0.3, 0.4) is 0 Å². The summed E-state index contributed by atoms with van der Waals surface area (Å²) in [6.45, 7) is 0.0330. The summed E-state index contributed by atoms with van der Waals surface area (Å²) in [5, 5.41) is 26.2. The number of hydrogen-bond donors (Lipinski definition) is 3. The molecular formula is C5H8O4. The van der Waals surface area contributed by atoms with Crippen molar-refractivity contribution in [3.8, 4) is 0 Å². The van der Waals surface area contributed by atoms with Crippen LogP contribution in [0.5, 0.6) is 0 Å². The Morgan fingerprint density at radius 1 is 1.56 bits per heavy atom. The maximum Gasteiger partial charge on any atom is 0.158 e. The maximum atomic E-state index is 8.80. The third-order valence-corrected chi connectivity index (χ3v) is 1.14. The van der Waals surface area contributed by atoms with E-state index < -0.39 is 12.2 Å². The van der Waals surface area contributed by atoms with E-state index >= 15 is 0 Å². The van der Waals surface area contributed by atoms with Crippen molar-refractivity contribution in [3.63, 3.8) is 0 Å². The molecule has 2 atom stereocenters. The van der Waals surface area contributed by atoms with Gasteiger partial charge in [-0.1, -0.05) is 0 Å². The average Bonchev–Trinajstić information content (AvgIpc) is 1.83. The van der Waals surface area contributed by atoms with E-state index in [-0.39, 0.29) is 12.4 Å². The summed E-state index contributed by atoms with van der Waals surface area (Å²) in [4.78, 5) is 0. The minimum absolute atomic E-state index is 0.0330. The molecular weight excluding hydrogens is 124 g/mol. The topological polar surface area (TPSA) is 69.9 Å². The molecule has 1 aliphatic rings. The van der Waals surface area contributed by atoms with Gasteiger partial charge >= 0.3 is 0 Å². The lowest BCUT2D eigenvalue weighted by Gasteiger charge is -2.20. The van der Waals surface area contributed by atoms with Crippen LogP contribution in [0.15, 0.2) is 12.0 Å². The van der Waals surface area contributed by atoms with Crippen LogP contribution in [0.25, 0.3) is 0 Å². The van der Waals surface area contributed by atoms with Crippen LogP contribution in [-0.2, 0) is 4.74 Å². The molecule has 0 amide bonds. The third-order valence-electron chi connectivity index (χ3n) is 1.14. The summed E-state index contributed by atoms with van der Waals surface area (Å²) < 4.78 is 4.54. The average molecular weight is 132 g/mol. The van der Waals surface area contributed by atoms with Crippen LogP contribution < -0.4 is 0 Å². The highest BCUT2D eigenvalue weighted by atomic mass is 16.5. The molecule has 0 aliphatic carbocycles. The summed E-state index contributed by atoms with van der Waals surface area (Å²) in [5.41, 5.74) is 0. The van der Waals surface area contributed by atoms with Crippen molar-refractivity contribution < 1.29 is 20.1 Å². The second kappa shape index (κ2) is 2.24. The monoisotopic (exact) mass is 132 g/mol. The lowest BCUT2D eigenvalue weighted by molar-refractivity contribution is -0.0403. The highest BCUT2D eigenvalue weighted by Gasteiger charge is 2.24. The first-order chi connectivity index (χ1) is 4.22. The Kier molecular flexibility index (Phi) is 1.59. The van der Waals surface area contributed by atoms with Gasteiger partial charge in [0.05, 0.1) is 0 Å². The molecule has 4 heteroatoms. The molecule has 0 saturated carbocycles. The van der Waals surface area contributed by atoms with Crippen molar-refractivity contribution in [1.82, 2.24) is 0 Å². The van der Waals surface area contributed by atoms with Crippen LogP contribution in [0.4, 0.5) is 0 Å². The van der Waals surface area contributed by atoms with E-state index in [0.717, 1.165) is 6.26 Å². The fraction of sp³-hybridized carbons (Fsp3) is 0.600. The SMILES string of the molecule is OC1=COC[C@@H](O)[C@@H]1O. The number of ether oxygens (including phenoxy) is 1. The third kappa shape index (κ3) is 1.14. The molecule has 1 rings (SSSR count). The summed E-state index contributed by atoms with van der Waals surface area (Å²) in [6.07, 6.45) is -1.16. The summed E-state index contributed by atoms with van der Waals surface area (Å²) in [6, 6.07) is 0. The van der Waals surface area contributed by atoms with Crippen molar-refractivity contribution in [2.45, 2.75) is 12.2 Å². The van der Waals surface area contributed by atoms with Gasteiger partial charge in [-0.3, -0.25) is 0 Å². The first-order valence-corrected chi connectivity index (χ1v) is 2.58. The number of aliphatic hydroxyl groups is 3. The first-order valence-electron chi connectivity index (χ1n) is 2.58. The van der Waals surface area contributed by atoms with Gasteiger partial charge in [-0.25, -0.2) is 0 Å². The van der Waals surface area contributed by atoms with Crippen molar-refractivity contribution in [3.05, 3.63) is 12.0 Å². The Morgan fingerprint density at radius 3 is 2.67 bits per heavy atom. The molecule has 1 aliphatic heterocycles. The molecule has 0 saturated heterocycles. The fourth-order valence-corrected chi connectivity index (χ4v) is 0.590. The van der Waals surface area contributed by atoms with Gasteiger partial charge in [-0.15, -0.1) is 0 Å². The number of hydrogen-bond acceptors (Lipinski definition) is 4. The van der Waals surface area contributed by atoms with Gasteiger partial charge in [0.2, 0.25) is 0 Å². The summed E-state index contributed by atoms with van der Waals surface area (Å²) in [7, 11) is 0. The second-order valence-corrected chi connectivity index (χ2v) is 1.89. The smallest absolute Gasteiger partial charge is 0.158 e. The second-order valence-electron chi connectivity index (χ2n) is 1.89. The highest BCUT2D eigenvalue weighted by molar-refractivity contribution is 5.00. The van der Waals surface area contributed by atoms with Crippen LogP contribution >= 0.6 is 0 Å². The Morgan fingerprint density at radius 2 is 2.22 bits per heavy atom. The lowest BCUT2D eigenvalue weighted by atomic mass is 10.2.